The van der Waals surface area contributed by atoms with Gasteiger partial charge in [-0.05, 0) is 119 Å². The van der Waals surface area contributed by atoms with Gasteiger partial charge in [0.25, 0.3) is 0 Å². The Morgan fingerprint density at radius 3 is 1.86 bits per heavy atom. The van der Waals surface area contributed by atoms with Gasteiger partial charge in [0.15, 0.2) is 22.4 Å². The number of unbranched alkanes of at least 4 members (excludes halogenated alkanes) is 9. The largest absolute Gasteiger partial charge is 0.462 e. The second-order valence-electron chi connectivity index (χ2n) is 22.6. The molecule has 0 spiro atoms. The summed E-state index contributed by atoms with van der Waals surface area (Å²) in [7, 11) is -4.11. The minimum atomic E-state index is -2.10. The molecule has 0 bridgehead atoms. The number of benzene rings is 1. The lowest BCUT2D eigenvalue weighted by atomic mass is 9.91. The zero-order valence-electron chi connectivity index (χ0n) is 42.2. The third kappa shape index (κ3) is 17.4. The number of cyclic esters (lactones) is 1. The van der Waals surface area contributed by atoms with E-state index >= 15 is 0 Å². The lowest BCUT2D eigenvalue weighted by molar-refractivity contribution is -0.144. The summed E-state index contributed by atoms with van der Waals surface area (Å²) in [6.07, 6.45) is 25.9. The number of ketones is 1. The smallest absolute Gasteiger partial charge is 0.323 e. The standard InChI is InChI=1S/C53H92O7SSi2/c1-13-14-15-16-17-18-19-20-21-25-34-48(59-62(9,10)51(3,4)5)46-36-37-47(58-46)49(60-63(11,12)52(6,7)8)35-27-26-29-42(54)38-43-30-28-31-44(57-43)40-53(39-41(2)56-50(53)55)61-45-32-23-22-24-33-45/h22-24,26,29,32-33,41,43-44,46-49H,13-21,25,27-28,30-31,34-40H2,1-12H3/b29-26+/t41-,43-,44+,46-,47+,48-,49+,53-/m0/s1. The first-order valence-corrected chi connectivity index (χ1v) is 32.1. The van der Waals surface area contributed by atoms with Crippen LogP contribution in [-0.2, 0) is 32.7 Å². The fraction of sp³-hybridized carbons (Fsp3) is 0.811. The first kappa shape index (κ1) is 54.3. The van der Waals surface area contributed by atoms with Gasteiger partial charge >= 0.3 is 5.97 Å². The number of esters is 1. The Morgan fingerprint density at radius 1 is 0.778 bits per heavy atom. The summed E-state index contributed by atoms with van der Waals surface area (Å²) in [5.41, 5.74) is 0. The van der Waals surface area contributed by atoms with Crippen molar-refractivity contribution in [3.05, 3.63) is 42.5 Å². The molecule has 3 fully saturated rings. The van der Waals surface area contributed by atoms with E-state index in [0.29, 0.717) is 19.3 Å². The van der Waals surface area contributed by atoms with Crippen LogP contribution in [0.15, 0.2) is 47.4 Å². The molecule has 0 N–H and O–H groups in total. The molecular formula is C53H92O7SSi2. The molecule has 1 aromatic carbocycles. The van der Waals surface area contributed by atoms with Gasteiger partial charge in [0, 0.05) is 17.7 Å². The van der Waals surface area contributed by atoms with Crippen molar-refractivity contribution in [2.45, 2.75) is 279 Å². The molecule has 360 valence electrons. The Hall–Kier alpha value is -1.28. The Balaban J connectivity index is 1.34. The highest BCUT2D eigenvalue weighted by atomic mass is 32.2. The fourth-order valence-corrected chi connectivity index (χ4v) is 13.3. The van der Waals surface area contributed by atoms with E-state index in [4.69, 9.17) is 23.1 Å². The lowest BCUT2D eigenvalue weighted by Gasteiger charge is -2.42. The number of thioether (sulfide) groups is 1. The zero-order chi connectivity index (χ0) is 46.3. The summed E-state index contributed by atoms with van der Waals surface area (Å²) in [6, 6.07) is 10.1. The van der Waals surface area contributed by atoms with Crippen LogP contribution in [0.25, 0.3) is 0 Å². The molecule has 1 aromatic rings. The molecule has 0 amide bonds. The predicted molar refractivity (Wildman–Crippen MR) is 269 cm³/mol. The molecule has 0 radical (unpaired) electrons. The lowest BCUT2D eigenvalue weighted by Crippen LogP contribution is -2.48. The summed E-state index contributed by atoms with van der Waals surface area (Å²) in [4.78, 5) is 27.8. The van der Waals surface area contributed by atoms with Gasteiger partial charge in [-0.3, -0.25) is 9.59 Å². The highest BCUT2D eigenvalue weighted by Crippen LogP contribution is 2.47. The molecular weight excluding hydrogens is 837 g/mol. The Kier molecular flexibility index (Phi) is 21.7. The highest BCUT2D eigenvalue weighted by molar-refractivity contribution is 8.01. The van der Waals surface area contributed by atoms with Crippen molar-refractivity contribution in [1.29, 1.82) is 0 Å². The Morgan fingerprint density at radius 2 is 1.32 bits per heavy atom. The summed E-state index contributed by atoms with van der Waals surface area (Å²) >= 11 is 1.61. The van der Waals surface area contributed by atoms with E-state index in [9.17, 15) is 9.59 Å². The second kappa shape index (κ2) is 25.2. The SMILES string of the molecule is CCCCCCCCCCCC[C@H](O[Si](C)(C)C(C)(C)C)[C@@H]1CC[C@H]([C@@H](CC/C=C/C(=O)C[C@@H]2CCC[C@H](C[C@@]3(Sc4ccccc4)C[C@H](C)OC3=O)O2)O[Si](C)(C)C(C)(C)C)O1. The van der Waals surface area contributed by atoms with Gasteiger partial charge in [0.2, 0.25) is 0 Å². The van der Waals surface area contributed by atoms with Crippen molar-refractivity contribution < 1.29 is 32.7 Å². The van der Waals surface area contributed by atoms with Crippen molar-refractivity contribution in [3.8, 4) is 0 Å². The molecule has 3 aliphatic heterocycles. The van der Waals surface area contributed by atoms with Gasteiger partial charge in [-0.1, -0.05) is 137 Å². The molecule has 0 saturated carbocycles. The van der Waals surface area contributed by atoms with Crippen LogP contribution in [-0.4, -0.2) is 75.9 Å². The molecule has 63 heavy (non-hydrogen) atoms. The van der Waals surface area contributed by atoms with E-state index < -0.39 is 21.4 Å². The van der Waals surface area contributed by atoms with Crippen molar-refractivity contribution in [3.63, 3.8) is 0 Å². The number of carbonyl (C=O) groups excluding carboxylic acids is 2. The number of allylic oxidation sites excluding steroid dienone is 2. The maximum absolute atomic E-state index is 13.4. The van der Waals surface area contributed by atoms with Crippen molar-refractivity contribution in [2.75, 3.05) is 0 Å². The molecule has 3 saturated heterocycles. The van der Waals surface area contributed by atoms with Gasteiger partial charge < -0.3 is 23.1 Å². The van der Waals surface area contributed by atoms with Crippen molar-refractivity contribution >= 4 is 40.1 Å². The first-order chi connectivity index (χ1) is 29.6. The van der Waals surface area contributed by atoms with Gasteiger partial charge in [-0.25, -0.2) is 0 Å². The molecule has 0 unspecified atom stereocenters. The van der Waals surface area contributed by atoms with Gasteiger partial charge in [0.05, 0.1) is 36.6 Å². The minimum Gasteiger partial charge on any atom is -0.462 e. The van der Waals surface area contributed by atoms with Gasteiger partial charge in [-0.2, -0.15) is 0 Å². The maximum Gasteiger partial charge on any atom is 0.323 e. The molecule has 10 heteroatoms. The summed E-state index contributed by atoms with van der Waals surface area (Å²) in [6.45, 7) is 27.7. The van der Waals surface area contributed by atoms with E-state index in [0.717, 1.165) is 56.3 Å². The molecule has 3 aliphatic rings. The van der Waals surface area contributed by atoms with Crippen molar-refractivity contribution in [2.24, 2.45) is 0 Å². The number of ether oxygens (including phenoxy) is 3. The van der Waals surface area contributed by atoms with Crippen LogP contribution in [0.2, 0.25) is 36.3 Å². The van der Waals surface area contributed by atoms with Crippen LogP contribution in [0.5, 0.6) is 0 Å². The van der Waals surface area contributed by atoms with Crippen molar-refractivity contribution in [1.82, 2.24) is 0 Å². The highest BCUT2D eigenvalue weighted by Gasteiger charge is 2.51. The van der Waals surface area contributed by atoms with Crippen LogP contribution in [0.1, 0.15) is 190 Å². The zero-order valence-corrected chi connectivity index (χ0v) is 45.0. The first-order valence-electron chi connectivity index (χ1n) is 25.5. The summed E-state index contributed by atoms with van der Waals surface area (Å²) in [5.74, 6) is -0.0499. The third-order valence-corrected chi connectivity index (χ3v) is 25.4. The topological polar surface area (TPSA) is 80.3 Å². The Bertz CT molecular complexity index is 1540. The van der Waals surface area contributed by atoms with E-state index in [-0.39, 0.29) is 64.6 Å². The molecule has 8 atom stereocenters. The van der Waals surface area contributed by atoms with Crippen LogP contribution >= 0.6 is 11.8 Å². The normalized spacial score (nSPS) is 26.0. The number of hydrogen-bond acceptors (Lipinski definition) is 8. The molecule has 0 aliphatic carbocycles. The fourth-order valence-electron chi connectivity index (χ4n) is 9.12. The number of hydrogen-bond donors (Lipinski definition) is 0. The monoisotopic (exact) mass is 929 g/mol. The van der Waals surface area contributed by atoms with Crippen LogP contribution in [0.3, 0.4) is 0 Å². The maximum atomic E-state index is 13.4. The van der Waals surface area contributed by atoms with E-state index in [1.807, 2.05) is 31.2 Å². The molecule has 3 heterocycles. The van der Waals surface area contributed by atoms with E-state index in [2.05, 4.69) is 86.8 Å². The van der Waals surface area contributed by atoms with E-state index in [1.165, 1.54) is 64.2 Å². The van der Waals surface area contributed by atoms with Crippen LogP contribution in [0.4, 0.5) is 0 Å². The molecule has 4 rings (SSSR count). The Labute approximate surface area is 392 Å². The summed E-state index contributed by atoms with van der Waals surface area (Å²) in [5, 5.41) is 0.213. The molecule has 0 aromatic heterocycles. The van der Waals surface area contributed by atoms with Crippen LogP contribution in [0, 0.1) is 0 Å². The number of rotatable bonds is 27. The van der Waals surface area contributed by atoms with Crippen LogP contribution < -0.4 is 0 Å². The third-order valence-electron chi connectivity index (χ3n) is 15.0. The average molecular weight is 930 g/mol. The van der Waals surface area contributed by atoms with Gasteiger partial charge in [0.1, 0.15) is 10.9 Å². The van der Waals surface area contributed by atoms with E-state index in [1.54, 1.807) is 17.8 Å². The second-order valence-corrected chi connectivity index (χ2v) is 33.6. The predicted octanol–water partition coefficient (Wildman–Crippen LogP) is 15.1. The number of carbonyl (C=O) groups is 2. The average Bonchev–Trinajstić information content (AvgIpc) is 3.79. The minimum absolute atomic E-state index is 0.0162. The quantitative estimate of drug-likeness (QED) is 0.0374. The summed E-state index contributed by atoms with van der Waals surface area (Å²) < 4.78 is 33.1. The molecule has 7 nitrogen and oxygen atoms in total. The van der Waals surface area contributed by atoms with Gasteiger partial charge in [-0.15, -0.1) is 11.8 Å².